The zero-order chi connectivity index (χ0) is 17.9. The standard InChI is InChI=1S/C16H22N2O6/c1-10(9-18(14(19)20)15(21)24-16(2,3)4)11-5-6-17-13-12(11)22-7-8-23-13/h5-6,10H,7-9H2,1-4H3,(H,19,20). The van der Waals surface area contributed by atoms with Crippen molar-refractivity contribution in [2.24, 2.45) is 0 Å². The smallest absolute Gasteiger partial charge is 0.419 e. The Morgan fingerprint density at radius 3 is 2.67 bits per heavy atom. The quantitative estimate of drug-likeness (QED) is 0.904. The fourth-order valence-electron chi connectivity index (χ4n) is 2.28. The molecule has 1 N–H and O–H groups in total. The Morgan fingerprint density at radius 2 is 2.04 bits per heavy atom. The van der Waals surface area contributed by atoms with Crippen LogP contribution < -0.4 is 9.47 Å². The fourth-order valence-corrected chi connectivity index (χ4v) is 2.28. The molecule has 1 aromatic heterocycles. The maximum absolute atomic E-state index is 12.1. The maximum Gasteiger partial charge on any atom is 0.419 e. The Balaban J connectivity index is 2.18. The van der Waals surface area contributed by atoms with Crippen molar-refractivity contribution >= 4 is 12.2 Å². The van der Waals surface area contributed by atoms with Gasteiger partial charge in [-0.25, -0.2) is 19.5 Å². The molecule has 1 aliphatic heterocycles. The molecule has 0 radical (unpaired) electrons. The molecular weight excluding hydrogens is 316 g/mol. The van der Waals surface area contributed by atoms with Gasteiger partial charge in [-0.2, -0.15) is 0 Å². The van der Waals surface area contributed by atoms with Crippen molar-refractivity contribution in [3.63, 3.8) is 0 Å². The molecule has 0 bridgehead atoms. The molecule has 0 spiro atoms. The van der Waals surface area contributed by atoms with Gasteiger partial charge in [0.2, 0.25) is 0 Å². The van der Waals surface area contributed by atoms with Gasteiger partial charge in [0.1, 0.15) is 18.8 Å². The van der Waals surface area contributed by atoms with Crippen LogP contribution in [0.3, 0.4) is 0 Å². The molecule has 0 aliphatic carbocycles. The summed E-state index contributed by atoms with van der Waals surface area (Å²) in [6.07, 6.45) is -0.698. The monoisotopic (exact) mass is 338 g/mol. The molecular formula is C16H22N2O6. The summed E-state index contributed by atoms with van der Waals surface area (Å²) in [7, 11) is 0. The molecule has 1 aliphatic rings. The molecule has 0 saturated heterocycles. The first-order valence-electron chi connectivity index (χ1n) is 7.67. The zero-order valence-corrected chi connectivity index (χ0v) is 14.2. The fraction of sp³-hybridized carbons (Fsp3) is 0.562. The van der Waals surface area contributed by atoms with Crippen LogP contribution in [0, 0.1) is 0 Å². The van der Waals surface area contributed by atoms with E-state index in [0.29, 0.717) is 29.7 Å². The van der Waals surface area contributed by atoms with Crippen LogP contribution in [0.4, 0.5) is 9.59 Å². The van der Waals surface area contributed by atoms with Crippen LogP contribution in [-0.4, -0.2) is 52.5 Å². The van der Waals surface area contributed by atoms with E-state index in [1.54, 1.807) is 40.0 Å². The SMILES string of the molecule is CC(CN(C(=O)O)C(=O)OC(C)(C)C)c1ccnc2c1OCCO2. The number of hydrogen-bond acceptors (Lipinski definition) is 6. The first kappa shape index (κ1) is 17.8. The first-order chi connectivity index (χ1) is 11.2. The topological polar surface area (TPSA) is 98.2 Å². The van der Waals surface area contributed by atoms with Crippen LogP contribution in [0.15, 0.2) is 12.3 Å². The number of pyridine rings is 1. The second kappa shape index (κ2) is 6.94. The molecule has 0 saturated carbocycles. The van der Waals surface area contributed by atoms with Crippen LogP contribution >= 0.6 is 0 Å². The van der Waals surface area contributed by atoms with E-state index in [2.05, 4.69) is 4.98 Å². The highest BCUT2D eigenvalue weighted by Gasteiger charge is 2.30. The van der Waals surface area contributed by atoms with Crippen molar-refractivity contribution in [2.75, 3.05) is 19.8 Å². The van der Waals surface area contributed by atoms with E-state index in [0.717, 1.165) is 5.56 Å². The van der Waals surface area contributed by atoms with Crippen molar-refractivity contribution in [1.29, 1.82) is 0 Å². The molecule has 8 nitrogen and oxygen atoms in total. The van der Waals surface area contributed by atoms with Crippen molar-refractivity contribution in [3.8, 4) is 11.6 Å². The van der Waals surface area contributed by atoms with E-state index < -0.39 is 17.8 Å². The normalized spacial score (nSPS) is 14.7. The largest absolute Gasteiger partial charge is 0.484 e. The number of fused-ring (bicyclic) bond motifs is 1. The second-order valence-corrected chi connectivity index (χ2v) is 6.51. The highest BCUT2D eigenvalue weighted by Crippen LogP contribution is 2.36. The predicted octanol–water partition coefficient (Wildman–Crippen LogP) is 2.87. The van der Waals surface area contributed by atoms with Crippen molar-refractivity contribution in [2.45, 2.75) is 39.2 Å². The van der Waals surface area contributed by atoms with E-state index in [1.165, 1.54) is 0 Å². The molecule has 24 heavy (non-hydrogen) atoms. The summed E-state index contributed by atoms with van der Waals surface area (Å²) in [6.45, 7) is 7.58. The van der Waals surface area contributed by atoms with Crippen LogP contribution in [0.2, 0.25) is 0 Å². The number of amides is 2. The molecule has 0 fully saturated rings. The van der Waals surface area contributed by atoms with E-state index in [9.17, 15) is 14.7 Å². The highest BCUT2D eigenvalue weighted by atomic mass is 16.6. The van der Waals surface area contributed by atoms with E-state index in [1.807, 2.05) is 0 Å². The lowest BCUT2D eigenvalue weighted by Crippen LogP contribution is -2.42. The van der Waals surface area contributed by atoms with Gasteiger partial charge in [-0.3, -0.25) is 0 Å². The van der Waals surface area contributed by atoms with Crippen LogP contribution in [0.25, 0.3) is 0 Å². The molecule has 1 atom stereocenters. The van der Waals surface area contributed by atoms with Gasteiger partial charge in [-0.1, -0.05) is 6.92 Å². The number of ether oxygens (including phenoxy) is 3. The molecule has 1 aromatic rings. The number of carboxylic acid groups (broad SMARTS) is 1. The average molecular weight is 338 g/mol. The van der Waals surface area contributed by atoms with Crippen molar-refractivity contribution in [3.05, 3.63) is 17.8 Å². The Bertz CT molecular complexity index is 625. The van der Waals surface area contributed by atoms with Gasteiger partial charge in [-0.05, 0) is 26.8 Å². The third kappa shape index (κ3) is 4.27. The molecule has 2 amide bonds. The van der Waals surface area contributed by atoms with Gasteiger partial charge in [-0.15, -0.1) is 0 Å². The Kier molecular flexibility index (Phi) is 5.16. The van der Waals surface area contributed by atoms with E-state index in [-0.39, 0.29) is 12.5 Å². The number of imide groups is 1. The minimum Gasteiger partial charge on any atom is -0.484 e. The van der Waals surface area contributed by atoms with Gasteiger partial charge >= 0.3 is 12.2 Å². The third-order valence-corrected chi connectivity index (χ3v) is 3.30. The van der Waals surface area contributed by atoms with Crippen LogP contribution in [0.1, 0.15) is 39.2 Å². The lowest BCUT2D eigenvalue weighted by molar-refractivity contribution is 0.0261. The number of nitrogens with zero attached hydrogens (tertiary/aromatic N) is 2. The molecule has 2 rings (SSSR count). The van der Waals surface area contributed by atoms with Crippen LogP contribution in [-0.2, 0) is 4.74 Å². The first-order valence-corrected chi connectivity index (χ1v) is 7.67. The Labute approximate surface area is 140 Å². The third-order valence-electron chi connectivity index (χ3n) is 3.30. The number of rotatable bonds is 3. The predicted molar refractivity (Wildman–Crippen MR) is 84.6 cm³/mol. The Morgan fingerprint density at radius 1 is 1.38 bits per heavy atom. The van der Waals surface area contributed by atoms with Crippen LogP contribution in [0.5, 0.6) is 11.6 Å². The van der Waals surface area contributed by atoms with Crippen molar-refractivity contribution in [1.82, 2.24) is 9.88 Å². The summed E-state index contributed by atoms with van der Waals surface area (Å²) in [5, 5.41) is 9.33. The summed E-state index contributed by atoms with van der Waals surface area (Å²) >= 11 is 0. The van der Waals surface area contributed by atoms with E-state index >= 15 is 0 Å². The summed E-state index contributed by atoms with van der Waals surface area (Å²) in [4.78, 5) is 28.3. The minimum atomic E-state index is -1.36. The number of aromatic nitrogens is 1. The molecule has 8 heteroatoms. The minimum absolute atomic E-state index is 0.0654. The summed E-state index contributed by atoms with van der Waals surface area (Å²) in [5.41, 5.74) is -0.0460. The molecule has 2 heterocycles. The lowest BCUT2D eigenvalue weighted by atomic mass is 10.0. The summed E-state index contributed by atoms with van der Waals surface area (Å²) in [5.74, 6) is 0.558. The zero-order valence-electron chi connectivity index (χ0n) is 14.2. The second-order valence-electron chi connectivity index (χ2n) is 6.51. The molecule has 0 aromatic carbocycles. The summed E-state index contributed by atoms with van der Waals surface area (Å²) in [6, 6.07) is 1.73. The molecule has 1 unspecified atom stereocenters. The van der Waals surface area contributed by atoms with Gasteiger partial charge in [0, 0.05) is 24.2 Å². The van der Waals surface area contributed by atoms with Crippen molar-refractivity contribution < 1.29 is 28.9 Å². The number of carbonyl (C=O) groups excluding carboxylic acids is 1. The van der Waals surface area contributed by atoms with Gasteiger partial charge < -0.3 is 19.3 Å². The average Bonchev–Trinajstić information content (AvgIpc) is 2.49. The van der Waals surface area contributed by atoms with Gasteiger partial charge in [0.05, 0.1) is 0 Å². The summed E-state index contributed by atoms with van der Waals surface area (Å²) < 4.78 is 16.2. The number of hydrogen-bond donors (Lipinski definition) is 1. The van der Waals surface area contributed by atoms with Gasteiger partial charge in [0.15, 0.2) is 5.75 Å². The lowest BCUT2D eigenvalue weighted by Gasteiger charge is -2.27. The van der Waals surface area contributed by atoms with E-state index in [4.69, 9.17) is 14.2 Å². The molecule has 132 valence electrons. The van der Waals surface area contributed by atoms with Gasteiger partial charge in [0.25, 0.3) is 5.88 Å². The maximum atomic E-state index is 12.1. The highest BCUT2D eigenvalue weighted by molar-refractivity contribution is 5.87. The Hall–Kier alpha value is -2.51. The number of carbonyl (C=O) groups is 2.